The van der Waals surface area contributed by atoms with Crippen LogP contribution in [0.15, 0.2) is 0 Å². The minimum atomic E-state index is 0.274. The molecule has 0 spiro atoms. The highest BCUT2D eigenvalue weighted by Gasteiger charge is 2.45. The number of piperidine rings is 1. The molecule has 1 heterocycles. The molecule has 2 heteroatoms. The van der Waals surface area contributed by atoms with Crippen molar-refractivity contribution in [1.82, 2.24) is 4.90 Å². The summed E-state index contributed by atoms with van der Waals surface area (Å²) in [6, 6.07) is 0. The van der Waals surface area contributed by atoms with E-state index in [0.29, 0.717) is 11.3 Å². The lowest BCUT2D eigenvalue weighted by atomic mass is 9.97. The van der Waals surface area contributed by atoms with E-state index < -0.39 is 0 Å². The molecule has 2 nitrogen and oxygen atoms in total. The minimum Gasteiger partial charge on any atom is -0.299 e. The van der Waals surface area contributed by atoms with E-state index in [1.165, 1.54) is 12.8 Å². The summed E-state index contributed by atoms with van der Waals surface area (Å²) >= 11 is 0. The Hall–Kier alpha value is -0.370. The van der Waals surface area contributed by atoms with Gasteiger partial charge < -0.3 is 0 Å². The smallest absolute Gasteiger partial charge is 0.138 e. The molecule has 68 valence electrons. The van der Waals surface area contributed by atoms with Gasteiger partial charge in [0, 0.05) is 31.0 Å². The number of likely N-dealkylation sites (tertiary alicyclic amines) is 1. The molecule has 0 aromatic heterocycles. The summed E-state index contributed by atoms with van der Waals surface area (Å²) in [5, 5.41) is 0. The molecule has 1 aliphatic carbocycles. The van der Waals surface area contributed by atoms with Gasteiger partial charge in [-0.3, -0.25) is 9.69 Å². The van der Waals surface area contributed by atoms with Crippen LogP contribution in [0.2, 0.25) is 0 Å². The zero-order valence-electron chi connectivity index (χ0n) is 7.97. The van der Waals surface area contributed by atoms with E-state index in [9.17, 15) is 4.79 Å². The van der Waals surface area contributed by atoms with Crippen molar-refractivity contribution in [3.8, 4) is 0 Å². The minimum absolute atomic E-state index is 0.274. The number of hydrogen-bond acceptors (Lipinski definition) is 2. The van der Waals surface area contributed by atoms with Crippen molar-refractivity contribution in [2.24, 2.45) is 5.92 Å². The SMILES string of the molecule is CC1CN(C2(C)CC2)CCC1=O. The molecule has 0 aromatic carbocycles. The van der Waals surface area contributed by atoms with Crippen molar-refractivity contribution in [1.29, 1.82) is 0 Å². The summed E-state index contributed by atoms with van der Waals surface area (Å²) in [6.45, 7) is 6.37. The highest BCUT2D eigenvalue weighted by Crippen LogP contribution is 2.42. The summed E-state index contributed by atoms with van der Waals surface area (Å²) in [4.78, 5) is 13.8. The van der Waals surface area contributed by atoms with E-state index >= 15 is 0 Å². The number of rotatable bonds is 1. The lowest BCUT2D eigenvalue weighted by Gasteiger charge is -2.35. The van der Waals surface area contributed by atoms with Crippen LogP contribution in [-0.2, 0) is 4.79 Å². The van der Waals surface area contributed by atoms with E-state index in [-0.39, 0.29) is 5.92 Å². The third-order valence-electron chi connectivity index (χ3n) is 3.41. The zero-order chi connectivity index (χ0) is 8.77. The number of Topliss-reactive ketones (excluding diaryl/α,β-unsaturated/α-hetero) is 1. The average Bonchev–Trinajstić information content (AvgIpc) is 2.75. The van der Waals surface area contributed by atoms with Gasteiger partial charge in [0.2, 0.25) is 0 Å². The molecule has 0 aromatic rings. The number of carbonyl (C=O) groups excluding carboxylic acids is 1. The summed E-state index contributed by atoms with van der Waals surface area (Å²) < 4.78 is 0. The first-order valence-corrected chi connectivity index (χ1v) is 4.90. The first-order valence-electron chi connectivity index (χ1n) is 4.90. The van der Waals surface area contributed by atoms with Crippen molar-refractivity contribution in [2.75, 3.05) is 13.1 Å². The Morgan fingerprint density at radius 2 is 2.17 bits per heavy atom. The molecular weight excluding hydrogens is 150 g/mol. The quantitative estimate of drug-likeness (QED) is 0.589. The van der Waals surface area contributed by atoms with Crippen molar-refractivity contribution in [3.05, 3.63) is 0 Å². The lowest BCUT2D eigenvalue weighted by molar-refractivity contribution is -0.126. The first kappa shape index (κ1) is 8.24. The van der Waals surface area contributed by atoms with Gasteiger partial charge in [-0.25, -0.2) is 0 Å². The predicted molar refractivity (Wildman–Crippen MR) is 48.0 cm³/mol. The molecule has 1 unspecified atom stereocenters. The van der Waals surface area contributed by atoms with Gasteiger partial charge in [-0.05, 0) is 19.8 Å². The van der Waals surface area contributed by atoms with Gasteiger partial charge >= 0.3 is 0 Å². The Labute approximate surface area is 73.9 Å². The largest absolute Gasteiger partial charge is 0.299 e. The first-order chi connectivity index (χ1) is 5.62. The second-order valence-corrected chi connectivity index (χ2v) is 4.56. The van der Waals surface area contributed by atoms with Crippen molar-refractivity contribution >= 4 is 5.78 Å². The maximum atomic E-state index is 11.3. The van der Waals surface area contributed by atoms with E-state index in [4.69, 9.17) is 0 Å². The van der Waals surface area contributed by atoms with Crippen LogP contribution in [0.1, 0.15) is 33.1 Å². The van der Waals surface area contributed by atoms with Crippen molar-refractivity contribution in [3.63, 3.8) is 0 Å². The lowest BCUT2D eigenvalue weighted by Crippen LogP contribution is -2.45. The fraction of sp³-hybridized carbons (Fsp3) is 0.900. The van der Waals surface area contributed by atoms with Gasteiger partial charge in [-0.1, -0.05) is 6.92 Å². The van der Waals surface area contributed by atoms with Crippen molar-refractivity contribution in [2.45, 2.75) is 38.6 Å². The molecule has 1 saturated heterocycles. The van der Waals surface area contributed by atoms with E-state index in [2.05, 4.69) is 18.7 Å². The highest BCUT2D eigenvalue weighted by atomic mass is 16.1. The Kier molecular flexibility index (Phi) is 1.76. The van der Waals surface area contributed by atoms with Crippen LogP contribution in [0.5, 0.6) is 0 Å². The number of hydrogen-bond donors (Lipinski definition) is 0. The molecule has 2 fully saturated rings. The molecule has 0 bridgehead atoms. The molecule has 0 amide bonds. The third-order valence-corrected chi connectivity index (χ3v) is 3.41. The fourth-order valence-corrected chi connectivity index (χ4v) is 2.00. The normalized spacial score (nSPS) is 35.2. The molecular formula is C10H17NO. The molecule has 1 aliphatic heterocycles. The van der Waals surface area contributed by atoms with Crippen LogP contribution in [0, 0.1) is 5.92 Å². The van der Waals surface area contributed by atoms with Crippen LogP contribution in [0.25, 0.3) is 0 Å². The maximum Gasteiger partial charge on any atom is 0.138 e. The summed E-state index contributed by atoms with van der Waals surface area (Å²) in [6.07, 6.45) is 3.43. The van der Waals surface area contributed by atoms with E-state index in [0.717, 1.165) is 19.5 Å². The summed E-state index contributed by atoms with van der Waals surface area (Å²) in [5.74, 6) is 0.728. The van der Waals surface area contributed by atoms with Crippen LogP contribution in [0.3, 0.4) is 0 Å². The number of nitrogens with zero attached hydrogens (tertiary/aromatic N) is 1. The van der Waals surface area contributed by atoms with E-state index in [1.54, 1.807) is 0 Å². The van der Waals surface area contributed by atoms with Crippen LogP contribution in [0.4, 0.5) is 0 Å². The molecule has 2 aliphatic rings. The Balaban J connectivity index is 1.98. The van der Waals surface area contributed by atoms with Crippen molar-refractivity contribution < 1.29 is 4.79 Å². The molecule has 12 heavy (non-hydrogen) atoms. The standard InChI is InChI=1S/C10H17NO/c1-8-7-11(6-3-9(8)12)10(2)4-5-10/h8H,3-7H2,1-2H3. The Bertz CT molecular complexity index is 208. The summed E-state index contributed by atoms with van der Waals surface area (Å²) in [5.41, 5.74) is 0.467. The Morgan fingerprint density at radius 3 is 2.67 bits per heavy atom. The molecule has 0 N–H and O–H groups in total. The number of ketones is 1. The van der Waals surface area contributed by atoms with Crippen LogP contribution in [-0.4, -0.2) is 29.3 Å². The second kappa shape index (κ2) is 2.56. The molecule has 2 rings (SSSR count). The topological polar surface area (TPSA) is 20.3 Å². The second-order valence-electron chi connectivity index (χ2n) is 4.56. The zero-order valence-corrected chi connectivity index (χ0v) is 7.97. The molecule has 1 atom stereocenters. The molecule has 0 radical (unpaired) electrons. The third kappa shape index (κ3) is 1.28. The van der Waals surface area contributed by atoms with Gasteiger partial charge in [-0.2, -0.15) is 0 Å². The number of carbonyl (C=O) groups is 1. The van der Waals surface area contributed by atoms with Gasteiger partial charge in [-0.15, -0.1) is 0 Å². The van der Waals surface area contributed by atoms with Crippen LogP contribution < -0.4 is 0 Å². The maximum absolute atomic E-state index is 11.3. The summed E-state index contributed by atoms with van der Waals surface area (Å²) in [7, 11) is 0. The fourth-order valence-electron chi connectivity index (χ4n) is 2.00. The van der Waals surface area contributed by atoms with Crippen LogP contribution >= 0.6 is 0 Å². The van der Waals surface area contributed by atoms with Gasteiger partial charge in [0.05, 0.1) is 0 Å². The highest BCUT2D eigenvalue weighted by molar-refractivity contribution is 5.81. The van der Waals surface area contributed by atoms with Gasteiger partial charge in [0.15, 0.2) is 0 Å². The van der Waals surface area contributed by atoms with Gasteiger partial charge in [0.25, 0.3) is 0 Å². The monoisotopic (exact) mass is 167 g/mol. The Morgan fingerprint density at radius 1 is 1.50 bits per heavy atom. The molecule has 1 saturated carbocycles. The van der Waals surface area contributed by atoms with E-state index in [1.807, 2.05) is 0 Å². The van der Waals surface area contributed by atoms with Gasteiger partial charge in [0.1, 0.15) is 5.78 Å². The average molecular weight is 167 g/mol. The predicted octanol–water partition coefficient (Wildman–Crippen LogP) is 1.45.